The molecule has 1 atom stereocenters. The number of rotatable bonds is 2. The number of Topliss-reactive ketones (excluding diaryl/α,β-unsaturated/α-hetero) is 1. The van der Waals surface area contributed by atoms with E-state index >= 15 is 0 Å². The van der Waals surface area contributed by atoms with E-state index < -0.39 is 23.6 Å². The summed E-state index contributed by atoms with van der Waals surface area (Å²) < 4.78 is 36.5. The number of alkyl halides is 3. The minimum absolute atomic E-state index is 0.357. The third kappa shape index (κ3) is 6.81. The molecule has 0 bridgehead atoms. The molecule has 0 amide bonds. The molecule has 1 unspecified atom stereocenters. The molecule has 146 valence electrons. The number of carboxylic acids is 1. The predicted octanol–water partition coefficient (Wildman–Crippen LogP) is 5.69. The molecule has 0 spiro atoms. The van der Waals surface area contributed by atoms with Crippen LogP contribution >= 0.6 is 0 Å². The van der Waals surface area contributed by atoms with Gasteiger partial charge in [0.1, 0.15) is 5.78 Å². The molecule has 1 aliphatic rings. The van der Waals surface area contributed by atoms with E-state index in [0.717, 1.165) is 43.7 Å². The average Bonchev–Trinajstić information content (AvgIpc) is 2.53. The van der Waals surface area contributed by atoms with E-state index in [1.54, 1.807) is 0 Å². The zero-order chi connectivity index (χ0) is 20.1. The SMILES string of the molecule is CC(C(=O)O)c1ccc(C(F)(F)F)cc1.CC(C)(C)C1CCC(=O)CC1. The lowest BCUT2D eigenvalue weighted by molar-refractivity contribution is -0.138. The van der Waals surface area contributed by atoms with Crippen molar-refractivity contribution >= 4 is 11.8 Å². The van der Waals surface area contributed by atoms with E-state index in [4.69, 9.17) is 5.11 Å². The molecule has 6 heteroatoms. The largest absolute Gasteiger partial charge is 0.481 e. The first-order valence-electron chi connectivity index (χ1n) is 8.74. The van der Waals surface area contributed by atoms with E-state index in [2.05, 4.69) is 20.8 Å². The lowest BCUT2D eigenvalue weighted by Gasteiger charge is -2.33. The van der Waals surface area contributed by atoms with Crippen LogP contribution < -0.4 is 0 Å². The van der Waals surface area contributed by atoms with Gasteiger partial charge in [0.05, 0.1) is 11.5 Å². The van der Waals surface area contributed by atoms with Gasteiger partial charge >= 0.3 is 12.1 Å². The van der Waals surface area contributed by atoms with Gasteiger partial charge in [-0.25, -0.2) is 0 Å². The van der Waals surface area contributed by atoms with Crippen LogP contribution in [0.4, 0.5) is 13.2 Å². The Morgan fingerprint density at radius 3 is 1.88 bits per heavy atom. The van der Waals surface area contributed by atoms with Gasteiger partial charge in [0.25, 0.3) is 0 Å². The van der Waals surface area contributed by atoms with Crippen molar-refractivity contribution in [3.8, 4) is 0 Å². The van der Waals surface area contributed by atoms with Crippen LogP contribution in [-0.4, -0.2) is 16.9 Å². The number of carbonyl (C=O) groups excluding carboxylic acids is 1. The molecular formula is C20H27F3O3. The number of ketones is 1. The first-order chi connectivity index (χ1) is 11.8. The number of aliphatic carboxylic acids is 1. The summed E-state index contributed by atoms with van der Waals surface area (Å²) in [6.07, 6.45) is -0.514. The number of carboxylic acid groups (broad SMARTS) is 1. The van der Waals surface area contributed by atoms with Crippen molar-refractivity contribution in [1.82, 2.24) is 0 Å². The lowest BCUT2D eigenvalue weighted by Crippen LogP contribution is -2.25. The first kappa shape index (κ1) is 22.2. The minimum Gasteiger partial charge on any atom is -0.481 e. The van der Waals surface area contributed by atoms with Crippen molar-refractivity contribution in [1.29, 1.82) is 0 Å². The van der Waals surface area contributed by atoms with Crippen LogP contribution in [0.1, 0.15) is 70.4 Å². The highest BCUT2D eigenvalue weighted by Gasteiger charge is 2.30. The van der Waals surface area contributed by atoms with Crippen molar-refractivity contribution in [3.05, 3.63) is 35.4 Å². The Morgan fingerprint density at radius 2 is 1.54 bits per heavy atom. The van der Waals surface area contributed by atoms with Crippen LogP contribution in [0.2, 0.25) is 0 Å². The molecule has 0 aliphatic heterocycles. The minimum atomic E-state index is -4.38. The highest BCUT2D eigenvalue weighted by Crippen LogP contribution is 2.36. The summed E-state index contributed by atoms with van der Waals surface area (Å²) in [4.78, 5) is 21.5. The van der Waals surface area contributed by atoms with Crippen molar-refractivity contribution < 1.29 is 27.9 Å². The second kappa shape index (κ2) is 8.69. The van der Waals surface area contributed by atoms with Crippen molar-refractivity contribution in [2.24, 2.45) is 11.3 Å². The van der Waals surface area contributed by atoms with E-state index in [0.29, 0.717) is 16.8 Å². The molecule has 1 fully saturated rings. The van der Waals surface area contributed by atoms with Crippen LogP contribution in [0.25, 0.3) is 0 Å². The van der Waals surface area contributed by atoms with Gasteiger partial charge in [0.15, 0.2) is 0 Å². The molecule has 0 radical (unpaired) electrons. The van der Waals surface area contributed by atoms with Gasteiger partial charge in [0.2, 0.25) is 0 Å². The summed E-state index contributed by atoms with van der Waals surface area (Å²) in [7, 11) is 0. The van der Waals surface area contributed by atoms with Gasteiger partial charge in [-0.15, -0.1) is 0 Å². The maximum Gasteiger partial charge on any atom is 0.416 e. The summed E-state index contributed by atoms with van der Waals surface area (Å²) in [6, 6.07) is 4.13. The van der Waals surface area contributed by atoms with Gasteiger partial charge in [-0.2, -0.15) is 13.2 Å². The Labute approximate surface area is 152 Å². The first-order valence-corrected chi connectivity index (χ1v) is 8.74. The maximum absolute atomic E-state index is 12.2. The number of hydrogen-bond donors (Lipinski definition) is 1. The van der Waals surface area contributed by atoms with Crippen LogP contribution in [0, 0.1) is 11.3 Å². The molecule has 1 aromatic rings. The van der Waals surface area contributed by atoms with Gasteiger partial charge in [0, 0.05) is 12.8 Å². The van der Waals surface area contributed by atoms with Crippen LogP contribution in [0.15, 0.2) is 24.3 Å². The molecule has 1 aromatic carbocycles. The molecule has 0 heterocycles. The van der Waals surface area contributed by atoms with Crippen LogP contribution in [0.5, 0.6) is 0 Å². The maximum atomic E-state index is 12.2. The standard InChI is InChI=1S/C10H9F3O2.C10H18O/c1-6(9(14)15)7-2-4-8(5-3-7)10(11,12)13;1-10(2,3)8-4-6-9(11)7-5-8/h2-6H,1H3,(H,14,15);8H,4-7H2,1-3H3. The summed E-state index contributed by atoms with van der Waals surface area (Å²) in [5.41, 5.74) is -0.0138. The summed E-state index contributed by atoms with van der Waals surface area (Å²) >= 11 is 0. The number of halogens is 3. The van der Waals surface area contributed by atoms with Gasteiger partial charge < -0.3 is 5.11 Å². The Kier molecular flexibility index (Phi) is 7.42. The highest BCUT2D eigenvalue weighted by atomic mass is 19.4. The molecule has 0 aromatic heterocycles. The zero-order valence-corrected chi connectivity index (χ0v) is 15.7. The van der Waals surface area contributed by atoms with Crippen LogP contribution in [-0.2, 0) is 15.8 Å². The highest BCUT2D eigenvalue weighted by molar-refractivity contribution is 5.79. The Bertz CT molecular complexity index is 603. The van der Waals surface area contributed by atoms with Crippen molar-refractivity contribution in [3.63, 3.8) is 0 Å². The molecule has 3 nitrogen and oxygen atoms in total. The molecule has 26 heavy (non-hydrogen) atoms. The fraction of sp³-hybridized carbons (Fsp3) is 0.600. The summed E-state index contributed by atoms with van der Waals surface area (Å²) in [5.74, 6) is -0.632. The van der Waals surface area contributed by atoms with Gasteiger partial charge in [-0.05, 0) is 48.8 Å². The van der Waals surface area contributed by atoms with Crippen LogP contribution in [0.3, 0.4) is 0 Å². The number of hydrogen-bond acceptors (Lipinski definition) is 2. The van der Waals surface area contributed by atoms with E-state index in [9.17, 15) is 22.8 Å². The van der Waals surface area contributed by atoms with Gasteiger partial charge in [-0.1, -0.05) is 32.9 Å². The molecular weight excluding hydrogens is 345 g/mol. The topological polar surface area (TPSA) is 54.4 Å². The molecule has 2 rings (SSSR count). The normalized spacial score (nSPS) is 17.3. The predicted molar refractivity (Wildman–Crippen MR) is 93.9 cm³/mol. The summed E-state index contributed by atoms with van der Waals surface area (Å²) in [6.45, 7) is 8.24. The third-order valence-corrected chi connectivity index (χ3v) is 4.88. The second-order valence-corrected chi connectivity index (χ2v) is 7.86. The van der Waals surface area contributed by atoms with Crippen molar-refractivity contribution in [2.45, 2.75) is 65.5 Å². The fourth-order valence-electron chi connectivity index (χ4n) is 2.91. The zero-order valence-electron chi connectivity index (χ0n) is 15.7. The molecule has 1 saturated carbocycles. The molecule has 1 N–H and O–H groups in total. The third-order valence-electron chi connectivity index (χ3n) is 4.88. The monoisotopic (exact) mass is 372 g/mol. The summed E-state index contributed by atoms with van der Waals surface area (Å²) in [5, 5.41) is 8.64. The second-order valence-electron chi connectivity index (χ2n) is 7.86. The Balaban J connectivity index is 0.000000273. The fourth-order valence-corrected chi connectivity index (χ4v) is 2.91. The smallest absolute Gasteiger partial charge is 0.416 e. The van der Waals surface area contributed by atoms with E-state index in [-0.39, 0.29) is 0 Å². The van der Waals surface area contributed by atoms with Gasteiger partial charge in [-0.3, -0.25) is 9.59 Å². The quantitative estimate of drug-likeness (QED) is 0.726. The lowest BCUT2D eigenvalue weighted by atomic mass is 9.72. The Morgan fingerprint density at radius 1 is 1.08 bits per heavy atom. The average molecular weight is 372 g/mol. The molecule has 0 saturated heterocycles. The molecule has 1 aliphatic carbocycles. The van der Waals surface area contributed by atoms with E-state index in [1.807, 2.05) is 0 Å². The number of benzene rings is 1. The van der Waals surface area contributed by atoms with Crippen molar-refractivity contribution in [2.75, 3.05) is 0 Å². The Hall–Kier alpha value is -1.85. The number of carbonyl (C=O) groups is 2. The van der Waals surface area contributed by atoms with E-state index in [1.165, 1.54) is 19.1 Å².